The molecule has 1 aliphatic heterocycles. The zero-order valence-electron chi connectivity index (χ0n) is 9.44. The van der Waals surface area contributed by atoms with Crippen molar-refractivity contribution < 1.29 is 0 Å². The van der Waals surface area contributed by atoms with Crippen molar-refractivity contribution in [2.24, 2.45) is 0 Å². The lowest BCUT2D eigenvalue weighted by Gasteiger charge is -2.17. The van der Waals surface area contributed by atoms with Gasteiger partial charge in [0.15, 0.2) is 0 Å². The maximum atomic E-state index is 3.60. The van der Waals surface area contributed by atoms with E-state index in [2.05, 4.69) is 22.9 Å². The average molecular weight is 199 g/mol. The SMILES string of the molecule is CCCCC[C@H]1CNCCNCCN1. The van der Waals surface area contributed by atoms with Crippen LogP contribution in [0.2, 0.25) is 0 Å². The summed E-state index contributed by atoms with van der Waals surface area (Å²) in [6, 6.07) is 0.682. The van der Waals surface area contributed by atoms with Gasteiger partial charge in [-0.05, 0) is 6.42 Å². The topological polar surface area (TPSA) is 36.1 Å². The molecule has 0 unspecified atom stereocenters. The van der Waals surface area contributed by atoms with E-state index in [1.165, 1.54) is 25.7 Å². The molecule has 0 radical (unpaired) electrons. The van der Waals surface area contributed by atoms with Crippen molar-refractivity contribution in [3.8, 4) is 0 Å². The van der Waals surface area contributed by atoms with Gasteiger partial charge in [-0.25, -0.2) is 0 Å². The van der Waals surface area contributed by atoms with Crippen LogP contribution in [0.25, 0.3) is 0 Å². The minimum absolute atomic E-state index is 0.682. The Bertz CT molecular complexity index is 118. The number of hydrogen-bond donors (Lipinski definition) is 3. The van der Waals surface area contributed by atoms with E-state index < -0.39 is 0 Å². The standard InChI is InChI=1S/C11H25N3/c1-2-3-4-5-11-10-13-7-6-12-8-9-14-11/h11-14H,2-10H2,1H3/t11-/m0/s1. The summed E-state index contributed by atoms with van der Waals surface area (Å²) in [4.78, 5) is 0. The molecule has 14 heavy (non-hydrogen) atoms. The van der Waals surface area contributed by atoms with Crippen molar-refractivity contribution in [2.45, 2.75) is 38.6 Å². The fraction of sp³-hybridized carbons (Fsp3) is 1.00. The van der Waals surface area contributed by atoms with Gasteiger partial charge in [0.1, 0.15) is 0 Å². The first-order valence-corrected chi connectivity index (χ1v) is 6.08. The third kappa shape index (κ3) is 5.58. The highest BCUT2D eigenvalue weighted by molar-refractivity contribution is 4.72. The van der Waals surface area contributed by atoms with Crippen LogP contribution in [-0.2, 0) is 0 Å². The molecule has 0 aliphatic carbocycles. The predicted octanol–water partition coefficient (Wildman–Crippen LogP) is 0.718. The largest absolute Gasteiger partial charge is 0.314 e. The number of rotatable bonds is 4. The summed E-state index contributed by atoms with van der Waals surface area (Å²) in [6.45, 7) is 7.81. The van der Waals surface area contributed by atoms with Gasteiger partial charge in [0, 0.05) is 38.8 Å². The molecule has 3 heteroatoms. The van der Waals surface area contributed by atoms with Crippen LogP contribution in [0.15, 0.2) is 0 Å². The summed E-state index contributed by atoms with van der Waals surface area (Å²) in [5.74, 6) is 0. The van der Waals surface area contributed by atoms with E-state index in [9.17, 15) is 0 Å². The molecule has 1 fully saturated rings. The van der Waals surface area contributed by atoms with E-state index in [1.807, 2.05) is 0 Å². The van der Waals surface area contributed by atoms with Gasteiger partial charge in [-0.15, -0.1) is 0 Å². The first kappa shape index (κ1) is 12.0. The second kappa shape index (κ2) is 8.21. The molecule has 0 bridgehead atoms. The summed E-state index contributed by atoms with van der Waals surface area (Å²) in [7, 11) is 0. The molecule has 0 aromatic heterocycles. The predicted molar refractivity (Wildman–Crippen MR) is 61.7 cm³/mol. The molecular weight excluding hydrogens is 174 g/mol. The molecule has 0 aromatic rings. The number of unbranched alkanes of at least 4 members (excludes halogenated alkanes) is 2. The van der Waals surface area contributed by atoms with Crippen LogP contribution in [-0.4, -0.2) is 38.8 Å². The Kier molecular flexibility index (Phi) is 7.01. The first-order chi connectivity index (χ1) is 6.93. The summed E-state index contributed by atoms with van der Waals surface area (Å²) in [6.07, 6.45) is 5.38. The van der Waals surface area contributed by atoms with Crippen LogP contribution in [0, 0.1) is 0 Å². The maximum absolute atomic E-state index is 3.60. The van der Waals surface area contributed by atoms with Gasteiger partial charge >= 0.3 is 0 Å². The van der Waals surface area contributed by atoms with Crippen molar-refractivity contribution in [3.05, 3.63) is 0 Å². The molecule has 3 N–H and O–H groups in total. The summed E-state index contributed by atoms with van der Waals surface area (Å²) < 4.78 is 0. The van der Waals surface area contributed by atoms with Crippen molar-refractivity contribution in [3.63, 3.8) is 0 Å². The van der Waals surface area contributed by atoms with Crippen LogP contribution in [0.5, 0.6) is 0 Å². The fourth-order valence-corrected chi connectivity index (χ4v) is 1.86. The Balaban J connectivity index is 2.12. The van der Waals surface area contributed by atoms with Crippen LogP contribution in [0.4, 0.5) is 0 Å². The highest BCUT2D eigenvalue weighted by atomic mass is 15.0. The smallest absolute Gasteiger partial charge is 0.0193 e. The zero-order valence-corrected chi connectivity index (χ0v) is 9.44. The molecule has 1 aliphatic rings. The molecule has 1 rings (SSSR count). The molecule has 1 saturated heterocycles. The zero-order chi connectivity index (χ0) is 10.1. The number of nitrogens with one attached hydrogen (secondary N) is 3. The van der Waals surface area contributed by atoms with Gasteiger partial charge in [0.2, 0.25) is 0 Å². The molecule has 0 aromatic carbocycles. The summed E-state index contributed by atoms with van der Waals surface area (Å²) >= 11 is 0. The fourth-order valence-electron chi connectivity index (χ4n) is 1.86. The van der Waals surface area contributed by atoms with Crippen molar-refractivity contribution in [1.82, 2.24) is 16.0 Å². The molecule has 3 nitrogen and oxygen atoms in total. The highest BCUT2D eigenvalue weighted by Gasteiger charge is 2.07. The van der Waals surface area contributed by atoms with Gasteiger partial charge in [0.05, 0.1) is 0 Å². The molecule has 0 saturated carbocycles. The lowest BCUT2D eigenvalue weighted by atomic mass is 10.1. The van der Waals surface area contributed by atoms with E-state index in [0.29, 0.717) is 6.04 Å². The average Bonchev–Trinajstić information content (AvgIpc) is 2.32. The van der Waals surface area contributed by atoms with E-state index in [0.717, 1.165) is 32.7 Å². The van der Waals surface area contributed by atoms with Crippen LogP contribution >= 0.6 is 0 Å². The van der Waals surface area contributed by atoms with Gasteiger partial charge in [0.25, 0.3) is 0 Å². The lowest BCUT2D eigenvalue weighted by Crippen LogP contribution is -2.39. The second-order valence-corrected chi connectivity index (χ2v) is 4.10. The Morgan fingerprint density at radius 3 is 2.64 bits per heavy atom. The van der Waals surface area contributed by atoms with E-state index in [1.54, 1.807) is 0 Å². The molecule has 0 spiro atoms. The van der Waals surface area contributed by atoms with Crippen molar-refractivity contribution in [2.75, 3.05) is 32.7 Å². The maximum Gasteiger partial charge on any atom is 0.0193 e. The van der Waals surface area contributed by atoms with Gasteiger partial charge in [-0.1, -0.05) is 26.2 Å². The van der Waals surface area contributed by atoms with Gasteiger partial charge < -0.3 is 16.0 Å². The van der Waals surface area contributed by atoms with E-state index in [-0.39, 0.29) is 0 Å². The van der Waals surface area contributed by atoms with Crippen molar-refractivity contribution >= 4 is 0 Å². The Morgan fingerprint density at radius 2 is 1.79 bits per heavy atom. The Morgan fingerprint density at radius 1 is 1.00 bits per heavy atom. The summed E-state index contributed by atoms with van der Waals surface area (Å²) in [5.41, 5.74) is 0. The van der Waals surface area contributed by atoms with Crippen LogP contribution < -0.4 is 16.0 Å². The Labute approximate surface area is 88.0 Å². The number of hydrogen-bond acceptors (Lipinski definition) is 3. The Hall–Kier alpha value is -0.120. The van der Waals surface area contributed by atoms with Crippen molar-refractivity contribution in [1.29, 1.82) is 0 Å². The molecular formula is C11H25N3. The third-order valence-electron chi connectivity index (χ3n) is 2.76. The van der Waals surface area contributed by atoms with Gasteiger partial charge in [-0.3, -0.25) is 0 Å². The summed E-state index contributed by atoms with van der Waals surface area (Å²) in [5, 5.41) is 10.5. The molecule has 84 valence electrons. The van der Waals surface area contributed by atoms with E-state index in [4.69, 9.17) is 0 Å². The first-order valence-electron chi connectivity index (χ1n) is 6.08. The minimum Gasteiger partial charge on any atom is -0.314 e. The van der Waals surface area contributed by atoms with Gasteiger partial charge in [-0.2, -0.15) is 0 Å². The van der Waals surface area contributed by atoms with Crippen LogP contribution in [0.1, 0.15) is 32.6 Å². The minimum atomic E-state index is 0.682. The quantitative estimate of drug-likeness (QED) is 0.584. The normalized spacial score (nSPS) is 25.1. The molecule has 1 atom stereocenters. The molecule has 1 heterocycles. The third-order valence-corrected chi connectivity index (χ3v) is 2.76. The lowest BCUT2D eigenvalue weighted by molar-refractivity contribution is 0.447. The van der Waals surface area contributed by atoms with Crippen LogP contribution in [0.3, 0.4) is 0 Å². The second-order valence-electron chi connectivity index (χ2n) is 4.10. The monoisotopic (exact) mass is 199 g/mol. The van der Waals surface area contributed by atoms with E-state index >= 15 is 0 Å². The highest BCUT2D eigenvalue weighted by Crippen LogP contribution is 2.02. The molecule has 0 amide bonds.